The number of fused-ring (bicyclic) bond motifs is 1. The Bertz CT molecular complexity index is 1630. The molecule has 2 aromatic rings. The highest BCUT2D eigenvalue weighted by Gasteiger charge is 2.41. The van der Waals surface area contributed by atoms with Gasteiger partial charge in [0, 0.05) is 30.2 Å². The molecule has 2 unspecified atom stereocenters. The quantitative estimate of drug-likeness (QED) is 0.159. The average molecular weight is 747 g/mol. The third-order valence-corrected chi connectivity index (χ3v) is 9.09. The van der Waals surface area contributed by atoms with Gasteiger partial charge in [-0.2, -0.15) is 13.2 Å². The highest BCUT2D eigenvalue weighted by atomic mass is 19.4. The van der Waals surface area contributed by atoms with Crippen LogP contribution >= 0.6 is 0 Å². The summed E-state index contributed by atoms with van der Waals surface area (Å²) in [6, 6.07) is 6.19. The normalized spacial score (nSPS) is 20.8. The summed E-state index contributed by atoms with van der Waals surface area (Å²) in [6.45, 7) is 8.50. The maximum atomic E-state index is 13.8. The maximum Gasteiger partial charge on any atom is 0.492 e. The molecule has 1 aliphatic heterocycles. The first-order valence-electron chi connectivity index (χ1n) is 17.7. The van der Waals surface area contributed by atoms with E-state index in [4.69, 9.17) is 20.9 Å². The molecule has 1 aliphatic carbocycles. The van der Waals surface area contributed by atoms with Crippen LogP contribution in [0.2, 0.25) is 0 Å². The van der Waals surface area contributed by atoms with Gasteiger partial charge < -0.3 is 47.1 Å². The van der Waals surface area contributed by atoms with Crippen LogP contribution in [0, 0.1) is 0 Å². The molecule has 1 heterocycles. The predicted octanol–water partition coefficient (Wildman–Crippen LogP) is 2.71. The number of aryl methyl sites for hydroxylation is 1. The minimum Gasteiger partial charge on any atom is -0.444 e. The SMILES string of the molecule is CC(C)(C)OC(=O)N[C@@H](CCC(=O)NC1C[C@@H](N)C[C@@H](N)C1)C(=O)NC(CCc1ccc(C(F)(F)F)cc1)C(=O)Nc1ccc2c(c1)B(O)OC2(C)C. The van der Waals surface area contributed by atoms with Crippen molar-refractivity contribution in [3.8, 4) is 0 Å². The zero-order valence-corrected chi connectivity index (χ0v) is 30.6. The molecule has 4 amide bonds. The highest BCUT2D eigenvalue weighted by Crippen LogP contribution is 2.31. The molecule has 0 spiro atoms. The standard InChI is InChI=1S/C36H50BF3N6O7/c1-34(2,3)52-33(50)46-29(14-15-30(47)43-25-17-22(41)16-23(42)18-25)32(49)45-28(13-8-20-6-9-21(10-7-20)36(38,39)40)31(48)44-24-11-12-26-27(19-24)37(51)53-35(26,4)5/h6-7,9-12,19,22-23,25,28-29,51H,8,13-18,41-42H2,1-5H3,(H,43,47)(H,44,48)(H,45,49)(H,46,50)/t22-,23+,25?,28?,29-/m0/s1. The molecular formula is C36H50BF3N6O7. The van der Waals surface area contributed by atoms with Crippen LogP contribution < -0.4 is 38.2 Å². The smallest absolute Gasteiger partial charge is 0.444 e. The van der Waals surface area contributed by atoms with E-state index >= 15 is 0 Å². The van der Waals surface area contributed by atoms with Crippen LogP contribution in [0.3, 0.4) is 0 Å². The molecule has 0 radical (unpaired) electrons. The number of anilines is 1. The van der Waals surface area contributed by atoms with Gasteiger partial charge in [0.1, 0.15) is 17.7 Å². The Hall–Kier alpha value is -4.19. The molecule has 5 atom stereocenters. The first-order valence-corrected chi connectivity index (χ1v) is 17.7. The molecule has 53 heavy (non-hydrogen) atoms. The Morgan fingerprint density at radius 2 is 1.57 bits per heavy atom. The monoisotopic (exact) mass is 746 g/mol. The fourth-order valence-electron chi connectivity index (χ4n) is 6.56. The van der Waals surface area contributed by atoms with Gasteiger partial charge in [0.25, 0.3) is 0 Å². The number of halogens is 3. The largest absolute Gasteiger partial charge is 0.492 e. The van der Waals surface area contributed by atoms with Gasteiger partial charge in [0.05, 0.1) is 11.2 Å². The van der Waals surface area contributed by atoms with E-state index in [1.165, 1.54) is 12.1 Å². The Labute approximate surface area is 307 Å². The molecule has 4 rings (SSSR count). The summed E-state index contributed by atoms with van der Waals surface area (Å²) in [7, 11) is -1.23. The van der Waals surface area contributed by atoms with E-state index in [2.05, 4.69) is 21.3 Å². The number of carbonyl (C=O) groups excluding carboxylic acids is 4. The van der Waals surface area contributed by atoms with Gasteiger partial charge in [-0.3, -0.25) is 14.4 Å². The van der Waals surface area contributed by atoms with Crippen LogP contribution in [0.1, 0.15) is 89.8 Å². The van der Waals surface area contributed by atoms with Crippen molar-refractivity contribution >= 4 is 42.1 Å². The second-order valence-corrected chi connectivity index (χ2v) is 15.3. The zero-order valence-electron chi connectivity index (χ0n) is 30.6. The number of hydrogen-bond donors (Lipinski definition) is 7. The zero-order chi connectivity index (χ0) is 39.3. The fourth-order valence-corrected chi connectivity index (χ4v) is 6.56. The Morgan fingerprint density at radius 3 is 2.17 bits per heavy atom. The molecule has 1 fully saturated rings. The van der Waals surface area contributed by atoms with Gasteiger partial charge in [-0.1, -0.05) is 18.2 Å². The summed E-state index contributed by atoms with van der Waals surface area (Å²) in [5, 5.41) is 21.2. The van der Waals surface area contributed by atoms with Crippen molar-refractivity contribution in [2.24, 2.45) is 11.5 Å². The number of ether oxygens (including phenoxy) is 1. The van der Waals surface area contributed by atoms with Gasteiger partial charge in [-0.15, -0.1) is 0 Å². The molecule has 9 N–H and O–H groups in total. The predicted molar refractivity (Wildman–Crippen MR) is 193 cm³/mol. The van der Waals surface area contributed by atoms with Crippen LogP contribution in [0.4, 0.5) is 23.7 Å². The molecule has 290 valence electrons. The Morgan fingerprint density at radius 1 is 0.943 bits per heavy atom. The molecule has 2 aromatic carbocycles. The number of hydrogen-bond acceptors (Lipinski definition) is 9. The van der Waals surface area contributed by atoms with E-state index in [-0.39, 0.29) is 49.7 Å². The number of amides is 4. The number of benzene rings is 2. The number of rotatable bonds is 12. The molecule has 0 bridgehead atoms. The van der Waals surface area contributed by atoms with Gasteiger partial charge >= 0.3 is 19.4 Å². The van der Waals surface area contributed by atoms with Crippen LogP contribution in [0.15, 0.2) is 42.5 Å². The lowest BCUT2D eigenvalue weighted by Gasteiger charge is -2.31. The summed E-state index contributed by atoms with van der Waals surface area (Å²) < 4.78 is 50.4. The second kappa shape index (κ2) is 16.9. The van der Waals surface area contributed by atoms with E-state index < -0.39 is 60.1 Å². The minimum atomic E-state index is -4.53. The molecule has 2 aliphatic rings. The van der Waals surface area contributed by atoms with Crippen LogP contribution in [0.25, 0.3) is 0 Å². The lowest BCUT2D eigenvalue weighted by atomic mass is 9.78. The van der Waals surface area contributed by atoms with Gasteiger partial charge in [-0.25, -0.2) is 4.79 Å². The molecular weight excluding hydrogens is 696 g/mol. The van der Waals surface area contributed by atoms with Crippen molar-refractivity contribution < 1.29 is 46.8 Å². The van der Waals surface area contributed by atoms with Crippen LogP contribution in [0.5, 0.6) is 0 Å². The molecule has 13 nitrogen and oxygen atoms in total. The molecule has 0 saturated heterocycles. The summed E-state index contributed by atoms with van der Waals surface area (Å²) >= 11 is 0. The van der Waals surface area contributed by atoms with Crippen molar-refractivity contribution in [1.29, 1.82) is 0 Å². The van der Waals surface area contributed by atoms with Crippen molar-refractivity contribution in [3.05, 3.63) is 59.2 Å². The van der Waals surface area contributed by atoms with Crippen LogP contribution in [-0.4, -0.2) is 71.8 Å². The topological polar surface area (TPSA) is 207 Å². The molecule has 1 saturated carbocycles. The third kappa shape index (κ3) is 12.2. The number of alkyl halides is 3. The van der Waals surface area contributed by atoms with E-state index in [0.29, 0.717) is 36.0 Å². The summed E-state index contributed by atoms with van der Waals surface area (Å²) in [5.74, 6) is -1.85. The van der Waals surface area contributed by atoms with Crippen molar-refractivity contribution in [2.75, 3.05) is 5.32 Å². The Kier molecular flexibility index (Phi) is 13.2. The second-order valence-electron chi connectivity index (χ2n) is 15.3. The minimum absolute atomic E-state index is 0.0471. The summed E-state index contributed by atoms with van der Waals surface area (Å²) in [6.07, 6.45) is -4.00. The van der Waals surface area contributed by atoms with Gasteiger partial charge in [0.15, 0.2) is 0 Å². The number of carbonyl (C=O) groups is 4. The summed E-state index contributed by atoms with van der Waals surface area (Å²) in [4.78, 5) is 53.4. The Balaban J connectivity index is 1.53. The lowest BCUT2D eigenvalue weighted by Crippen LogP contribution is -2.54. The van der Waals surface area contributed by atoms with E-state index in [9.17, 15) is 37.4 Å². The van der Waals surface area contributed by atoms with Crippen molar-refractivity contribution in [1.82, 2.24) is 16.0 Å². The first kappa shape index (κ1) is 41.6. The fraction of sp³-hybridized carbons (Fsp3) is 0.556. The van der Waals surface area contributed by atoms with Crippen LogP contribution in [-0.2, 0) is 42.0 Å². The number of nitrogens with two attached hydrogens (primary N) is 2. The summed E-state index contributed by atoms with van der Waals surface area (Å²) in [5.41, 5.74) is 11.6. The van der Waals surface area contributed by atoms with E-state index in [1.807, 2.05) is 0 Å². The molecule has 17 heteroatoms. The first-order chi connectivity index (χ1) is 24.6. The maximum absolute atomic E-state index is 13.8. The van der Waals surface area contributed by atoms with Gasteiger partial charge in [0.2, 0.25) is 17.7 Å². The van der Waals surface area contributed by atoms with E-state index in [1.54, 1.807) is 52.8 Å². The lowest BCUT2D eigenvalue weighted by molar-refractivity contribution is -0.137. The number of nitrogens with one attached hydrogen (secondary N) is 4. The molecule has 0 aromatic heterocycles. The highest BCUT2D eigenvalue weighted by molar-refractivity contribution is 6.62. The average Bonchev–Trinajstić information content (AvgIpc) is 3.26. The van der Waals surface area contributed by atoms with Gasteiger partial charge in [-0.05, 0) is 114 Å². The third-order valence-electron chi connectivity index (χ3n) is 9.09. The van der Waals surface area contributed by atoms with Crippen molar-refractivity contribution in [3.63, 3.8) is 0 Å². The van der Waals surface area contributed by atoms with E-state index in [0.717, 1.165) is 17.7 Å². The van der Waals surface area contributed by atoms with Crippen molar-refractivity contribution in [2.45, 2.75) is 127 Å². The number of alkyl carbamates (subject to hydrolysis) is 1.